The predicted octanol–water partition coefficient (Wildman–Crippen LogP) is 5.09. The fraction of sp³-hybridized carbons (Fsp3) is 0.167. The van der Waals surface area contributed by atoms with Crippen LogP contribution in [0.25, 0.3) is 0 Å². The van der Waals surface area contributed by atoms with Gasteiger partial charge in [0, 0.05) is 11.1 Å². The quantitative estimate of drug-likeness (QED) is 0.445. The number of esters is 1. The molecule has 0 saturated heterocycles. The van der Waals surface area contributed by atoms with E-state index in [0.717, 1.165) is 11.1 Å². The van der Waals surface area contributed by atoms with E-state index in [9.17, 15) is 9.59 Å². The second kappa shape index (κ2) is 8.53. The van der Waals surface area contributed by atoms with E-state index in [0.29, 0.717) is 22.4 Å². The second-order valence-electron chi connectivity index (χ2n) is 6.59. The Hall–Kier alpha value is -3.40. The minimum absolute atomic E-state index is 0.254. The van der Waals surface area contributed by atoms with Crippen molar-refractivity contribution >= 4 is 11.8 Å². The molecule has 142 valence electrons. The van der Waals surface area contributed by atoms with Crippen molar-refractivity contribution in [3.63, 3.8) is 0 Å². The highest BCUT2D eigenvalue weighted by Gasteiger charge is 2.27. The summed E-state index contributed by atoms with van der Waals surface area (Å²) in [7, 11) is 1.56. The third-order valence-electron chi connectivity index (χ3n) is 4.68. The molecule has 3 aromatic rings. The van der Waals surface area contributed by atoms with E-state index >= 15 is 0 Å². The van der Waals surface area contributed by atoms with Gasteiger partial charge in [-0.1, -0.05) is 42.5 Å². The summed E-state index contributed by atoms with van der Waals surface area (Å²) >= 11 is 0. The Labute approximate surface area is 164 Å². The molecule has 0 aliphatic carbocycles. The van der Waals surface area contributed by atoms with Gasteiger partial charge in [-0.05, 0) is 55.3 Å². The van der Waals surface area contributed by atoms with E-state index in [1.807, 2.05) is 44.2 Å². The molecule has 0 aromatic heterocycles. The SMILES string of the molecule is COc1ccc(C(=O)OC(C(=O)c2ccc(C)c(C)c2)c2ccccc2)cc1. The molecule has 0 heterocycles. The highest BCUT2D eigenvalue weighted by Crippen LogP contribution is 2.25. The van der Waals surface area contributed by atoms with Gasteiger partial charge in [0.15, 0.2) is 6.10 Å². The van der Waals surface area contributed by atoms with Crippen LogP contribution in [0.2, 0.25) is 0 Å². The average molecular weight is 374 g/mol. The molecule has 0 fully saturated rings. The topological polar surface area (TPSA) is 52.6 Å². The van der Waals surface area contributed by atoms with Gasteiger partial charge in [-0.3, -0.25) is 4.79 Å². The normalized spacial score (nSPS) is 11.5. The summed E-state index contributed by atoms with van der Waals surface area (Å²) in [5.41, 5.74) is 3.61. The minimum Gasteiger partial charge on any atom is -0.497 e. The standard InChI is InChI=1S/C24H22O4/c1-16-9-10-20(15-17(16)2)22(25)23(18-7-5-4-6-8-18)28-24(26)19-11-13-21(27-3)14-12-19/h4-15,23H,1-3H3. The van der Waals surface area contributed by atoms with Crippen LogP contribution in [0.4, 0.5) is 0 Å². The molecular weight excluding hydrogens is 352 g/mol. The lowest BCUT2D eigenvalue weighted by Crippen LogP contribution is -2.20. The van der Waals surface area contributed by atoms with E-state index in [1.54, 1.807) is 49.6 Å². The number of hydrogen-bond donors (Lipinski definition) is 0. The van der Waals surface area contributed by atoms with Gasteiger partial charge in [-0.25, -0.2) is 4.79 Å². The number of Topliss-reactive ketones (excluding diaryl/α,β-unsaturated/α-hetero) is 1. The van der Waals surface area contributed by atoms with Gasteiger partial charge in [-0.2, -0.15) is 0 Å². The molecule has 4 heteroatoms. The first-order chi connectivity index (χ1) is 13.5. The van der Waals surface area contributed by atoms with Crippen LogP contribution in [0.3, 0.4) is 0 Å². The van der Waals surface area contributed by atoms with Gasteiger partial charge < -0.3 is 9.47 Å². The van der Waals surface area contributed by atoms with Crippen LogP contribution < -0.4 is 4.74 Å². The molecule has 0 aliphatic heterocycles. The first-order valence-electron chi connectivity index (χ1n) is 9.01. The number of aryl methyl sites for hydroxylation is 2. The number of rotatable bonds is 6. The van der Waals surface area contributed by atoms with Crippen LogP contribution in [-0.2, 0) is 4.74 Å². The van der Waals surface area contributed by atoms with Crippen LogP contribution >= 0.6 is 0 Å². The Balaban J connectivity index is 1.91. The third kappa shape index (κ3) is 4.29. The minimum atomic E-state index is -1.02. The summed E-state index contributed by atoms with van der Waals surface area (Å²) in [6.45, 7) is 3.94. The molecule has 4 nitrogen and oxygen atoms in total. The van der Waals surface area contributed by atoms with Crippen molar-refractivity contribution in [2.75, 3.05) is 7.11 Å². The fourth-order valence-electron chi connectivity index (χ4n) is 2.85. The molecule has 0 radical (unpaired) electrons. The van der Waals surface area contributed by atoms with Crippen molar-refractivity contribution in [1.29, 1.82) is 0 Å². The number of ether oxygens (including phenoxy) is 2. The van der Waals surface area contributed by atoms with E-state index in [4.69, 9.17) is 9.47 Å². The Bertz CT molecular complexity index is 975. The molecule has 3 rings (SSSR count). The van der Waals surface area contributed by atoms with Crippen LogP contribution in [0.1, 0.15) is 43.5 Å². The van der Waals surface area contributed by atoms with Gasteiger partial charge in [0.2, 0.25) is 5.78 Å². The van der Waals surface area contributed by atoms with Crippen molar-refractivity contribution in [3.8, 4) is 5.75 Å². The number of carbonyl (C=O) groups excluding carboxylic acids is 2. The lowest BCUT2D eigenvalue weighted by Gasteiger charge is -2.18. The summed E-state index contributed by atoms with van der Waals surface area (Å²) in [5, 5.41) is 0. The summed E-state index contributed by atoms with van der Waals surface area (Å²) in [6.07, 6.45) is -1.02. The van der Waals surface area contributed by atoms with E-state index in [1.165, 1.54) is 0 Å². The summed E-state index contributed by atoms with van der Waals surface area (Å²) < 4.78 is 10.8. The van der Waals surface area contributed by atoms with Gasteiger partial charge >= 0.3 is 5.97 Å². The van der Waals surface area contributed by atoms with Crippen molar-refractivity contribution < 1.29 is 19.1 Å². The van der Waals surface area contributed by atoms with Crippen LogP contribution in [0.15, 0.2) is 72.8 Å². The molecule has 0 bridgehead atoms. The zero-order valence-electron chi connectivity index (χ0n) is 16.1. The largest absolute Gasteiger partial charge is 0.497 e. The number of ketones is 1. The van der Waals surface area contributed by atoms with Crippen LogP contribution in [0.5, 0.6) is 5.75 Å². The first kappa shape index (κ1) is 19.4. The maximum absolute atomic E-state index is 13.2. The summed E-state index contributed by atoms with van der Waals surface area (Å²) in [6, 6.07) is 21.1. The number of benzene rings is 3. The summed E-state index contributed by atoms with van der Waals surface area (Å²) in [5.74, 6) is -0.174. The van der Waals surface area contributed by atoms with E-state index < -0.39 is 12.1 Å². The monoisotopic (exact) mass is 374 g/mol. The van der Waals surface area contributed by atoms with Crippen molar-refractivity contribution in [2.45, 2.75) is 20.0 Å². The zero-order chi connectivity index (χ0) is 20.1. The highest BCUT2D eigenvalue weighted by molar-refractivity contribution is 6.02. The Morgan fingerprint density at radius 2 is 1.43 bits per heavy atom. The molecule has 0 saturated carbocycles. The molecule has 0 amide bonds. The molecule has 3 aromatic carbocycles. The van der Waals surface area contributed by atoms with Gasteiger partial charge in [-0.15, -0.1) is 0 Å². The first-order valence-corrected chi connectivity index (χ1v) is 9.01. The maximum Gasteiger partial charge on any atom is 0.339 e. The van der Waals surface area contributed by atoms with Gasteiger partial charge in [0.05, 0.1) is 12.7 Å². The number of methoxy groups -OCH3 is 1. The molecule has 0 aliphatic rings. The molecular formula is C24H22O4. The highest BCUT2D eigenvalue weighted by atomic mass is 16.5. The van der Waals surface area contributed by atoms with E-state index in [2.05, 4.69) is 0 Å². The lowest BCUT2D eigenvalue weighted by molar-refractivity contribution is 0.0280. The Morgan fingerprint density at radius 1 is 0.786 bits per heavy atom. The van der Waals surface area contributed by atoms with Crippen molar-refractivity contribution in [1.82, 2.24) is 0 Å². The Morgan fingerprint density at radius 3 is 2.04 bits per heavy atom. The van der Waals surface area contributed by atoms with Gasteiger partial charge in [0.1, 0.15) is 5.75 Å². The third-order valence-corrected chi connectivity index (χ3v) is 4.68. The average Bonchev–Trinajstić information content (AvgIpc) is 2.74. The Kier molecular flexibility index (Phi) is 5.90. The van der Waals surface area contributed by atoms with Gasteiger partial charge in [0.25, 0.3) is 0 Å². The number of hydrogen-bond acceptors (Lipinski definition) is 4. The smallest absolute Gasteiger partial charge is 0.339 e. The second-order valence-corrected chi connectivity index (χ2v) is 6.59. The zero-order valence-corrected chi connectivity index (χ0v) is 16.1. The molecule has 28 heavy (non-hydrogen) atoms. The van der Waals surface area contributed by atoms with Crippen LogP contribution in [0, 0.1) is 13.8 Å². The molecule has 0 N–H and O–H groups in total. The maximum atomic E-state index is 13.2. The van der Waals surface area contributed by atoms with E-state index in [-0.39, 0.29) is 5.78 Å². The molecule has 1 atom stereocenters. The lowest BCUT2D eigenvalue weighted by atomic mass is 9.97. The summed E-state index contributed by atoms with van der Waals surface area (Å²) in [4.78, 5) is 25.8. The number of carbonyl (C=O) groups is 2. The fourth-order valence-corrected chi connectivity index (χ4v) is 2.85. The molecule has 0 spiro atoms. The van der Waals surface area contributed by atoms with Crippen LogP contribution in [-0.4, -0.2) is 18.9 Å². The molecule has 1 unspecified atom stereocenters. The van der Waals surface area contributed by atoms with Crippen molar-refractivity contribution in [3.05, 3.63) is 101 Å². The predicted molar refractivity (Wildman–Crippen MR) is 108 cm³/mol. The van der Waals surface area contributed by atoms with Crippen molar-refractivity contribution in [2.24, 2.45) is 0 Å².